The maximum absolute atomic E-state index is 6.93. The molecule has 0 aliphatic carbocycles. The maximum Gasteiger partial charge on any atom is 0.260 e. The Hall–Kier alpha value is -8.87. The minimum absolute atomic E-state index is 0.00714. The largest absolute Gasteiger partial charge is 0.458 e. The first kappa shape index (κ1) is 36.4. The Morgan fingerprint density at radius 2 is 0.706 bits per heavy atom. The fourth-order valence-electron chi connectivity index (χ4n) is 11.9. The molecule has 10 aromatic carbocycles. The molecule has 4 aliphatic heterocycles. The minimum atomic E-state index is -0.0878. The summed E-state index contributed by atoms with van der Waals surface area (Å²) in [4.78, 5) is 0. The van der Waals surface area contributed by atoms with Crippen molar-refractivity contribution in [2.75, 3.05) is 0 Å². The third-order valence-corrected chi connectivity index (χ3v) is 14.8. The summed E-state index contributed by atoms with van der Waals surface area (Å²) in [5, 5.41) is 4.79. The molecule has 12 aromatic rings. The van der Waals surface area contributed by atoms with Crippen molar-refractivity contribution >= 4 is 89.8 Å². The molecule has 16 rings (SSSR count). The molecule has 0 unspecified atom stereocenters. The van der Waals surface area contributed by atoms with E-state index in [4.69, 9.17) is 18.9 Å². The highest BCUT2D eigenvalue weighted by molar-refractivity contribution is 6.99. The van der Waals surface area contributed by atoms with Gasteiger partial charge in [0.05, 0.1) is 22.1 Å². The molecule has 6 heterocycles. The lowest BCUT2D eigenvalue weighted by Gasteiger charge is -2.33. The number of para-hydroxylation sites is 6. The molecule has 0 radical (unpaired) electrons. The fourth-order valence-corrected chi connectivity index (χ4v) is 11.9. The van der Waals surface area contributed by atoms with Crippen LogP contribution in [0.4, 0.5) is 0 Å². The summed E-state index contributed by atoms with van der Waals surface area (Å²) in [7, 11) is 0. The predicted molar refractivity (Wildman–Crippen MR) is 276 cm³/mol. The van der Waals surface area contributed by atoms with Crippen LogP contribution in [0.5, 0.6) is 46.0 Å². The van der Waals surface area contributed by atoms with Gasteiger partial charge in [-0.05, 0) is 94.1 Å². The zero-order valence-corrected chi connectivity index (χ0v) is 36.3. The lowest BCUT2D eigenvalue weighted by molar-refractivity contribution is 0.464. The summed E-state index contributed by atoms with van der Waals surface area (Å²) >= 11 is 0. The van der Waals surface area contributed by atoms with E-state index in [9.17, 15) is 0 Å². The van der Waals surface area contributed by atoms with Crippen LogP contribution in [0.1, 0.15) is 0 Å². The maximum atomic E-state index is 6.93. The van der Waals surface area contributed by atoms with Gasteiger partial charge in [-0.3, -0.25) is 0 Å². The lowest BCUT2D eigenvalue weighted by atomic mass is 9.35. The summed E-state index contributed by atoms with van der Waals surface area (Å²) in [6.45, 7) is -0.0806. The number of benzene rings is 10. The van der Waals surface area contributed by atoms with Crippen molar-refractivity contribution in [1.82, 2.24) is 9.13 Å². The number of aromatic nitrogens is 2. The van der Waals surface area contributed by atoms with Crippen molar-refractivity contribution in [1.29, 1.82) is 0 Å². The van der Waals surface area contributed by atoms with Crippen molar-refractivity contribution < 1.29 is 18.9 Å². The summed E-state index contributed by atoms with van der Waals surface area (Å²) in [5.74, 6) is 6.66. The Morgan fingerprint density at radius 3 is 1.29 bits per heavy atom. The molecule has 0 saturated heterocycles. The van der Waals surface area contributed by atoms with Crippen LogP contribution in [0.15, 0.2) is 206 Å². The van der Waals surface area contributed by atoms with Gasteiger partial charge >= 0.3 is 0 Å². The standard InChI is InChI=1S/C60H34B2N2O4/c1-6-20-47-39(13-1)40-14-2-7-21-48(40)63(47)36-27-29-45-54(33-36)67-52-25-12-26-53-58(52)62(45)46-30-28-37(34-55(46)68-53)64-49-22-8-3-15-41(49)42-17-11-16-38(60(42)64)35-31-56-59-57(32-35)66-51-24-10-5-19-44(51)61(59)43-18-4-9-23-50(43)65-56/h1-34H. The number of rotatable bonds is 3. The van der Waals surface area contributed by atoms with Crippen LogP contribution < -0.4 is 51.7 Å². The highest BCUT2D eigenvalue weighted by Gasteiger charge is 2.42. The smallest absolute Gasteiger partial charge is 0.260 e. The van der Waals surface area contributed by atoms with E-state index in [1.165, 1.54) is 16.2 Å². The van der Waals surface area contributed by atoms with E-state index in [-0.39, 0.29) is 13.4 Å². The Kier molecular flexibility index (Phi) is 7.15. The number of ether oxygens (including phenoxy) is 4. The first-order valence-electron chi connectivity index (χ1n) is 23.2. The third kappa shape index (κ3) is 4.88. The Labute approximate surface area is 390 Å². The first-order valence-corrected chi connectivity index (χ1v) is 23.2. The van der Waals surface area contributed by atoms with Gasteiger partial charge in [-0.1, -0.05) is 127 Å². The summed E-state index contributed by atoms with van der Waals surface area (Å²) in [6, 6.07) is 73.3. The average molecular weight is 869 g/mol. The van der Waals surface area contributed by atoms with Crippen molar-refractivity contribution in [3.05, 3.63) is 206 Å². The van der Waals surface area contributed by atoms with Crippen molar-refractivity contribution in [3.8, 4) is 68.5 Å². The third-order valence-electron chi connectivity index (χ3n) is 14.8. The van der Waals surface area contributed by atoms with Crippen LogP contribution in [0.3, 0.4) is 0 Å². The Morgan fingerprint density at radius 1 is 0.294 bits per heavy atom. The van der Waals surface area contributed by atoms with Gasteiger partial charge in [0.25, 0.3) is 13.4 Å². The van der Waals surface area contributed by atoms with Gasteiger partial charge in [-0.25, -0.2) is 0 Å². The lowest BCUT2D eigenvalue weighted by Crippen LogP contribution is -2.57. The van der Waals surface area contributed by atoms with Crippen LogP contribution in [0, 0.1) is 0 Å². The second-order valence-electron chi connectivity index (χ2n) is 18.3. The summed E-state index contributed by atoms with van der Waals surface area (Å²) in [6.07, 6.45) is 0. The average Bonchev–Trinajstić information content (AvgIpc) is 3.91. The van der Waals surface area contributed by atoms with Crippen LogP contribution in [0.25, 0.3) is 66.1 Å². The van der Waals surface area contributed by atoms with Crippen molar-refractivity contribution in [2.45, 2.75) is 0 Å². The fraction of sp³-hybridized carbons (Fsp3) is 0. The van der Waals surface area contributed by atoms with E-state index < -0.39 is 0 Å². The van der Waals surface area contributed by atoms with Gasteiger partial charge in [0.2, 0.25) is 0 Å². The van der Waals surface area contributed by atoms with Gasteiger partial charge in [0.15, 0.2) is 0 Å². The van der Waals surface area contributed by atoms with Gasteiger partial charge in [-0.15, -0.1) is 0 Å². The second-order valence-corrected chi connectivity index (χ2v) is 18.3. The topological polar surface area (TPSA) is 46.8 Å². The molecule has 8 heteroatoms. The zero-order valence-electron chi connectivity index (χ0n) is 36.3. The molecule has 0 saturated carbocycles. The highest BCUT2D eigenvalue weighted by atomic mass is 16.5. The van der Waals surface area contributed by atoms with Crippen molar-refractivity contribution in [2.24, 2.45) is 0 Å². The SMILES string of the molecule is c1ccc2c(c1)Oc1cc(-c3cccc4c5ccccc5n(-c5ccc6c(c5)Oc5cccc7c5B6c5ccc(-n6c8ccccc8c8ccccc86)cc5O7)c34)cc3c1B2c1ccccc1O3. The van der Waals surface area contributed by atoms with Gasteiger partial charge in [-0.2, -0.15) is 0 Å². The first-order chi connectivity index (χ1) is 33.7. The Balaban J connectivity index is 0.863. The zero-order chi connectivity index (χ0) is 44.2. The molecule has 0 atom stereocenters. The molecule has 2 aromatic heterocycles. The van der Waals surface area contributed by atoms with E-state index >= 15 is 0 Å². The van der Waals surface area contributed by atoms with E-state index in [1.807, 2.05) is 18.2 Å². The molecule has 68 heavy (non-hydrogen) atoms. The molecule has 4 aliphatic rings. The number of fused-ring (bicyclic) bond motifs is 14. The number of nitrogens with zero attached hydrogens (tertiary/aromatic N) is 2. The van der Waals surface area contributed by atoms with E-state index in [0.29, 0.717) is 0 Å². The van der Waals surface area contributed by atoms with Gasteiger partial charge in [0, 0.05) is 61.5 Å². The van der Waals surface area contributed by atoms with Crippen LogP contribution in [0.2, 0.25) is 0 Å². The molecule has 0 bridgehead atoms. The number of hydrogen-bond acceptors (Lipinski definition) is 4. The molecular weight excluding hydrogens is 834 g/mol. The van der Waals surface area contributed by atoms with E-state index in [1.54, 1.807) is 0 Å². The van der Waals surface area contributed by atoms with Crippen LogP contribution in [-0.4, -0.2) is 22.6 Å². The normalized spacial score (nSPS) is 13.4. The van der Waals surface area contributed by atoms with E-state index in [0.717, 1.165) is 129 Å². The van der Waals surface area contributed by atoms with Crippen LogP contribution in [-0.2, 0) is 0 Å². The molecule has 0 spiro atoms. The Bertz CT molecular complexity index is 4080. The molecule has 0 fully saturated rings. The van der Waals surface area contributed by atoms with Crippen molar-refractivity contribution in [3.63, 3.8) is 0 Å². The van der Waals surface area contributed by atoms with E-state index in [2.05, 4.69) is 197 Å². The summed E-state index contributed by atoms with van der Waals surface area (Å²) in [5.41, 5.74) is 15.3. The highest BCUT2D eigenvalue weighted by Crippen LogP contribution is 2.44. The minimum Gasteiger partial charge on any atom is -0.458 e. The second kappa shape index (κ2) is 13.4. The van der Waals surface area contributed by atoms with Gasteiger partial charge in [0.1, 0.15) is 46.0 Å². The predicted octanol–water partition coefficient (Wildman–Crippen LogP) is 11.0. The van der Waals surface area contributed by atoms with Gasteiger partial charge < -0.3 is 28.1 Å². The molecular formula is C60H34B2N2O4. The summed E-state index contributed by atoms with van der Waals surface area (Å²) < 4.78 is 32.1. The quantitative estimate of drug-likeness (QED) is 0.166. The molecule has 0 N–H and O–H groups in total. The number of hydrogen-bond donors (Lipinski definition) is 0. The molecule has 6 nitrogen and oxygen atoms in total. The molecule has 314 valence electrons. The van der Waals surface area contributed by atoms with Crippen LogP contribution >= 0.6 is 0 Å². The monoisotopic (exact) mass is 868 g/mol. The molecule has 0 amide bonds.